The lowest BCUT2D eigenvalue weighted by atomic mass is 9.47. The minimum atomic E-state index is -1.45. The van der Waals surface area contributed by atoms with Gasteiger partial charge in [-0.15, -0.1) is 0 Å². The molecule has 0 bridgehead atoms. The Morgan fingerprint density at radius 1 is 0.833 bits per heavy atom. The molecule has 14 atom stereocenters. The second-order valence-electron chi connectivity index (χ2n) is 20.8. The van der Waals surface area contributed by atoms with Crippen LogP contribution in [0.3, 0.4) is 0 Å². The summed E-state index contributed by atoms with van der Waals surface area (Å²) in [6.45, 7) is 16.9. The molecule has 7 nitrogen and oxygen atoms in total. The summed E-state index contributed by atoms with van der Waals surface area (Å²) in [6.07, 6.45) is 32.3. The van der Waals surface area contributed by atoms with Crippen LogP contribution in [0.2, 0.25) is 0 Å². The van der Waals surface area contributed by atoms with E-state index in [9.17, 15) is 20.1 Å². The third-order valence-corrected chi connectivity index (χ3v) is 16.7. The van der Waals surface area contributed by atoms with E-state index in [1.807, 2.05) is 0 Å². The van der Waals surface area contributed by atoms with Crippen LogP contribution < -0.4 is 0 Å². The monoisotopic (exact) mass is 837 g/mol. The molecule has 0 spiro atoms. The molecule has 3 N–H and O–H groups in total. The predicted molar refractivity (Wildman–Crippen MR) is 244 cm³/mol. The van der Waals surface area contributed by atoms with Crippen molar-refractivity contribution in [1.29, 1.82) is 0 Å². The average molecular weight is 837 g/mol. The van der Waals surface area contributed by atoms with E-state index >= 15 is 0 Å². The van der Waals surface area contributed by atoms with E-state index in [4.69, 9.17) is 14.2 Å². The first-order valence-electron chi connectivity index (χ1n) is 25.0. The van der Waals surface area contributed by atoms with E-state index in [0.717, 1.165) is 119 Å². The Bertz CT molecular complexity index is 1420. The molecule has 60 heavy (non-hydrogen) atoms. The van der Waals surface area contributed by atoms with Gasteiger partial charge in [-0.2, -0.15) is 0 Å². The zero-order valence-electron chi connectivity index (χ0n) is 39.1. The van der Waals surface area contributed by atoms with Crippen LogP contribution in [0.1, 0.15) is 183 Å². The number of carbonyl (C=O) groups is 1. The molecule has 0 aromatic heterocycles. The van der Waals surface area contributed by atoms with E-state index < -0.39 is 30.7 Å². The second kappa shape index (κ2) is 23.8. The Morgan fingerprint density at radius 2 is 1.55 bits per heavy atom. The highest BCUT2D eigenvalue weighted by Gasteiger charge is 2.59. The molecule has 5 rings (SSSR count). The molecule has 1 saturated heterocycles. The summed E-state index contributed by atoms with van der Waals surface area (Å²) >= 11 is 0. The van der Waals surface area contributed by atoms with Crippen molar-refractivity contribution in [1.82, 2.24) is 0 Å². The van der Waals surface area contributed by atoms with Gasteiger partial charge in [0.2, 0.25) is 0 Å². The summed E-state index contributed by atoms with van der Waals surface area (Å²) in [5, 5.41) is 32.5. The molecule has 5 aliphatic rings. The largest absolute Gasteiger partial charge is 0.463 e. The van der Waals surface area contributed by atoms with Crippen molar-refractivity contribution in [2.45, 2.75) is 220 Å². The number of carbonyl (C=O) groups excluding carboxylic acids is 1. The van der Waals surface area contributed by atoms with Crippen LogP contribution in [0.5, 0.6) is 0 Å². The van der Waals surface area contributed by atoms with Crippen molar-refractivity contribution in [3.8, 4) is 0 Å². The van der Waals surface area contributed by atoms with Crippen molar-refractivity contribution in [2.24, 2.45) is 52.3 Å². The molecule has 4 aliphatic carbocycles. The summed E-state index contributed by atoms with van der Waals surface area (Å²) in [4.78, 5) is 12.6. The second-order valence-corrected chi connectivity index (χ2v) is 20.8. The molecule has 1 heterocycles. The molecule has 0 aromatic rings. The van der Waals surface area contributed by atoms with Crippen molar-refractivity contribution < 1.29 is 34.3 Å². The maximum atomic E-state index is 12.6. The summed E-state index contributed by atoms with van der Waals surface area (Å²) in [6, 6.07) is 0. The number of ether oxygens (including phenoxy) is 3. The van der Waals surface area contributed by atoms with Gasteiger partial charge in [-0.05, 0) is 149 Å². The Balaban J connectivity index is 1.03. The number of aliphatic hydroxyl groups excluding tert-OH is 3. The van der Waals surface area contributed by atoms with E-state index in [1.165, 1.54) is 50.5 Å². The molecule has 0 amide bonds. The third kappa shape index (κ3) is 12.5. The molecule has 1 aliphatic heterocycles. The van der Waals surface area contributed by atoms with Gasteiger partial charge in [0.15, 0.2) is 6.29 Å². The molecule has 3 saturated carbocycles. The van der Waals surface area contributed by atoms with Crippen LogP contribution in [-0.2, 0) is 19.0 Å². The lowest BCUT2D eigenvalue weighted by Crippen LogP contribution is -2.60. The van der Waals surface area contributed by atoms with Gasteiger partial charge >= 0.3 is 5.97 Å². The fraction of sp³-hybridized carbons (Fsp3) is 0.830. The van der Waals surface area contributed by atoms with E-state index in [-0.39, 0.29) is 24.1 Å². The zero-order valence-corrected chi connectivity index (χ0v) is 39.1. The van der Waals surface area contributed by atoms with Gasteiger partial charge in [0.25, 0.3) is 0 Å². The topological polar surface area (TPSA) is 105 Å². The van der Waals surface area contributed by atoms with Crippen molar-refractivity contribution in [2.75, 3.05) is 6.61 Å². The molecule has 7 heteroatoms. The van der Waals surface area contributed by atoms with Gasteiger partial charge in [-0.25, -0.2) is 0 Å². The summed E-state index contributed by atoms with van der Waals surface area (Å²) in [7, 11) is 0. The van der Waals surface area contributed by atoms with Gasteiger partial charge in [0, 0.05) is 6.42 Å². The number of esters is 1. The van der Waals surface area contributed by atoms with E-state index in [0.29, 0.717) is 17.8 Å². The molecule has 0 radical (unpaired) electrons. The van der Waals surface area contributed by atoms with Crippen molar-refractivity contribution in [3.63, 3.8) is 0 Å². The Kier molecular flexibility index (Phi) is 19.5. The van der Waals surface area contributed by atoms with Gasteiger partial charge in [-0.3, -0.25) is 4.79 Å². The zero-order chi connectivity index (χ0) is 43.3. The normalized spacial score (nSPS) is 36.7. The number of hydrogen-bond acceptors (Lipinski definition) is 7. The number of allylic oxidation sites excluding steroid dienone is 7. The van der Waals surface area contributed by atoms with Crippen LogP contribution >= 0.6 is 0 Å². The van der Waals surface area contributed by atoms with Crippen LogP contribution in [0.25, 0.3) is 0 Å². The molecule has 0 aromatic carbocycles. The Hall–Kier alpha value is -1.77. The molecule has 0 unspecified atom stereocenters. The minimum Gasteiger partial charge on any atom is -0.463 e. The maximum Gasteiger partial charge on any atom is 0.305 e. The maximum absolute atomic E-state index is 12.6. The predicted octanol–water partition coefficient (Wildman–Crippen LogP) is 12.0. The molecule has 4 fully saturated rings. The Labute approximate surface area is 366 Å². The van der Waals surface area contributed by atoms with Crippen molar-refractivity contribution >= 4 is 5.97 Å². The van der Waals surface area contributed by atoms with Gasteiger partial charge in [0.1, 0.15) is 31.0 Å². The number of hydrogen-bond donors (Lipinski definition) is 3. The highest BCUT2D eigenvalue weighted by molar-refractivity contribution is 5.69. The number of fused-ring (bicyclic) bond motifs is 5. The lowest BCUT2D eigenvalue weighted by molar-refractivity contribution is -0.313. The molecular weight excluding hydrogens is 749 g/mol. The van der Waals surface area contributed by atoms with Crippen LogP contribution in [-0.4, -0.2) is 64.7 Å². The quantitative estimate of drug-likeness (QED) is 0.0535. The standard InChI is InChI=1S/C53H88O7/c1-8-10-11-12-13-14-15-16-17-18-19-20-21-22-23-24-47(54)58-36-46-48(55)49(56)50(57)51(60-46)59-41-31-33-52(6)40(35-41)27-28-42-44-30-29-43(53(44,7)34-32-45(42)52)38(5)25-26-39(9-2)37(3)4/h10-11,13-14,16-17,27,37-39,41-46,48-51,55-57H,8-9,12,15,18-26,28-36H2,1-7H3/b11-10-,14-13-,17-16-/t38-,39-,41+,42+,43-,44+,45+,46-,48-,49+,50-,51+,52+,53-/m1/s1. The van der Waals surface area contributed by atoms with Crippen LogP contribution in [0, 0.1) is 52.3 Å². The minimum absolute atomic E-state index is 0.148. The van der Waals surface area contributed by atoms with Gasteiger partial charge in [0.05, 0.1) is 6.10 Å². The summed E-state index contributed by atoms with van der Waals surface area (Å²) in [5.41, 5.74) is 2.11. The van der Waals surface area contributed by atoms with E-state index in [1.54, 1.807) is 0 Å². The fourth-order valence-corrected chi connectivity index (χ4v) is 12.9. The van der Waals surface area contributed by atoms with E-state index in [2.05, 4.69) is 91.0 Å². The Morgan fingerprint density at radius 3 is 2.28 bits per heavy atom. The summed E-state index contributed by atoms with van der Waals surface area (Å²) in [5.74, 6) is 5.19. The highest BCUT2D eigenvalue weighted by atomic mass is 16.7. The first-order valence-corrected chi connectivity index (χ1v) is 25.0. The molecular formula is C53H88O7. The average Bonchev–Trinajstić information content (AvgIpc) is 3.59. The number of rotatable bonds is 23. The lowest BCUT2D eigenvalue weighted by Gasteiger charge is -2.58. The third-order valence-electron chi connectivity index (χ3n) is 16.7. The van der Waals surface area contributed by atoms with Crippen molar-refractivity contribution in [3.05, 3.63) is 48.1 Å². The first-order chi connectivity index (χ1) is 28.8. The van der Waals surface area contributed by atoms with Crippen LogP contribution in [0.15, 0.2) is 48.1 Å². The first kappa shape index (κ1) is 49.2. The van der Waals surface area contributed by atoms with Gasteiger partial charge in [-0.1, -0.05) is 129 Å². The summed E-state index contributed by atoms with van der Waals surface area (Å²) < 4.78 is 18.0. The van der Waals surface area contributed by atoms with Gasteiger partial charge < -0.3 is 29.5 Å². The SMILES string of the molecule is CC/C=C\C/C=C\C/C=C\CCCCCCCC(=O)OC[C@H]1O[C@H](O[C@H]2CC[C@@]3(C)C(=CC[C@H]4[C@@H]5CC[C@H]([C@H](C)CC[C@@H](CC)C(C)C)[C@@]5(C)CC[C@@H]43)C2)[C@H](O)[C@@H](O)[C@@H]1O. The molecule has 342 valence electrons. The number of aliphatic hydroxyl groups is 3. The fourth-order valence-electron chi connectivity index (χ4n) is 12.9. The smallest absolute Gasteiger partial charge is 0.305 e. The van der Waals surface area contributed by atoms with Crippen LogP contribution in [0.4, 0.5) is 0 Å². The number of unbranched alkanes of at least 4 members (excludes halogenated alkanes) is 5. The highest BCUT2D eigenvalue weighted by Crippen LogP contribution is 2.67.